The van der Waals surface area contributed by atoms with E-state index in [4.69, 9.17) is 0 Å². The minimum atomic E-state index is -0.304. The van der Waals surface area contributed by atoms with E-state index in [1.54, 1.807) is 0 Å². The zero-order valence-electron chi connectivity index (χ0n) is 14.4. The Bertz CT molecular complexity index is 927. The van der Waals surface area contributed by atoms with Gasteiger partial charge in [0, 0.05) is 12.5 Å². The summed E-state index contributed by atoms with van der Waals surface area (Å²) in [5.74, 6) is 1.42. The minimum absolute atomic E-state index is 0.0878. The van der Waals surface area contributed by atoms with Crippen LogP contribution in [0.1, 0.15) is 31.5 Å². The van der Waals surface area contributed by atoms with Crippen LogP contribution in [0, 0.1) is 0 Å². The van der Waals surface area contributed by atoms with Crippen LogP contribution in [-0.2, 0) is 11.3 Å². The van der Waals surface area contributed by atoms with Gasteiger partial charge in [-0.05, 0) is 31.9 Å². The predicted octanol–water partition coefficient (Wildman–Crippen LogP) is 4.07. The zero-order valence-corrected chi connectivity index (χ0v) is 16.0. The largest absolute Gasteiger partial charge is 0.302 e. The van der Waals surface area contributed by atoms with Crippen molar-refractivity contribution in [2.45, 2.75) is 42.6 Å². The first-order chi connectivity index (χ1) is 12.7. The number of aromatic nitrogens is 4. The second kappa shape index (κ2) is 7.20. The van der Waals surface area contributed by atoms with Crippen LogP contribution in [0.15, 0.2) is 42.1 Å². The Kier molecular flexibility index (Phi) is 4.78. The van der Waals surface area contributed by atoms with E-state index in [0.29, 0.717) is 17.6 Å². The van der Waals surface area contributed by atoms with Crippen LogP contribution in [0.2, 0.25) is 0 Å². The highest BCUT2D eigenvalue weighted by Gasteiger charge is 2.31. The van der Waals surface area contributed by atoms with Gasteiger partial charge in [0.15, 0.2) is 10.3 Å². The van der Waals surface area contributed by atoms with Gasteiger partial charge >= 0.3 is 0 Å². The molecule has 1 saturated carbocycles. The highest BCUT2D eigenvalue weighted by molar-refractivity contribution is 8.00. The predicted molar refractivity (Wildman–Crippen MR) is 106 cm³/mol. The van der Waals surface area contributed by atoms with Gasteiger partial charge in [-0.2, -0.15) is 0 Å². The van der Waals surface area contributed by atoms with Crippen molar-refractivity contribution in [2.75, 3.05) is 5.32 Å². The molecule has 1 N–H and O–H groups in total. The number of allylic oxidation sites excluding steroid dienone is 1. The number of thiazole rings is 1. The summed E-state index contributed by atoms with van der Waals surface area (Å²) in [6, 6.07) is 7.85. The Morgan fingerprint density at radius 2 is 2.27 bits per heavy atom. The van der Waals surface area contributed by atoms with Crippen LogP contribution < -0.4 is 5.32 Å². The third kappa shape index (κ3) is 3.52. The quantitative estimate of drug-likeness (QED) is 0.490. The van der Waals surface area contributed by atoms with Gasteiger partial charge < -0.3 is 9.88 Å². The van der Waals surface area contributed by atoms with Gasteiger partial charge in [-0.15, -0.1) is 16.8 Å². The lowest BCUT2D eigenvalue weighted by Gasteiger charge is -2.11. The summed E-state index contributed by atoms with van der Waals surface area (Å²) in [5, 5.41) is 12.6. The molecule has 1 aliphatic carbocycles. The molecular weight excluding hydrogens is 366 g/mol. The van der Waals surface area contributed by atoms with Crippen LogP contribution in [0.3, 0.4) is 0 Å². The number of para-hydroxylation sites is 1. The van der Waals surface area contributed by atoms with Gasteiger partial charge in [-0.25, -0.2) is 4.98 Å². The first-order valence-electron chi connectivity index (χ1n) is 8.53. The average Bonchev–Trinajstić information content (AvgIpc) is 3.28. The molecule has 2 aromatic heterocycles. The van der Waals surface area contributed by atoms with Gasteiger partial charge in [0.1, 0.15) is 5.82 Å². The van der Waals surface area contributed by atoms with Crippen LogP contribution in [0.4, 0.5) is 5.13 Å². The van der Waals surface area contributed by atoms with E-state index in [-0.39, 0.29) is 11.2 Å². The zero-order chi connectivity index (χ0) is 18.1. The maximum atomic E-state index is 12.6. The lowest BCUT2D eigenvalue weighted by atomic mass is 10.3. The molecule has 2 heterocycles. The van der Waals surface area contributed by atoms with E-state index in [2.05, 4.69) is 31.6 Å². The van der Waals surface area contributed by atoms with Crippen molar-refractivity contribution in [3.8, 4) is 0 Å². The van der Waals surface area contributed by atoms with Gasteiger partial charge in [0.25, 0.3) is 0 Å². The van der Waals surface area contributed by atoms with E-state index >= 15 is 0 Å². The summed E-state index contributed by atoms with van der Waals surface area (Å²) in [5.41, 5.74) is 0.896. The Hall–Kier alpha value is -2.19. The fraction of sp³-hybridized carbons (Fsp3) is 0.333. The number of hydrogen-bond donors (Lipinski definition) is 1. The summed E-state index contributed by atoms with van der Waals surface area (Å²) < 4.78 is 3.12. The van der Waals surface area contributed by atoms with Crippen LogP contribution in [0.25, 0.3) is 10.2 Å². The Balaban J connectivity index is 1.46. The molecule has 1 fully saturated rings. The smallest absolute Gasteiger partial charge is 0.239 e. The number of nitrogens with one attached hydrogen (secondary N) is 1. The molecule has 8 heteroatoms. The van der Waals surface area contributed by atoms with E-state index in [1.165, 1.54) is 23.1 Å². The first kappa shape index (κ1) is 17.2. The second-order valence-corrected chi connectivity index (χ2v) is 8.59. The lowest BCUT2D eigenvalue weighted by molar-refractivity contribution is -0.115. The number of fused-ring (bicyclic) bond motifs is 1. The molecule has 0 bridgehead atoms. The van der Waals surface area contributed by atoms with Crippen molar-refractivity contribution in [2.24, 2.45) is 0 Å². The third-order valence-corrected chi connectivity index (χ3v) is 6.21. The van der Waals surface area contributed by atoms with Crippen molar-refractivity contribution in [1.82, 2.24) is 19.7 Å². The van der Waals surface area contributed by atoms with Crippen molar-refractivity contribution in [1.29, 1.82) is 0 Å². The Morgan fingerprint density at radius 1 is 1.46 bits per heavy atom. The Labute approximate surface area is 159 Å². The number of carbonyl (C=O) groups is 1. The van der Waals surface area contributed by atoms with Gasteiger partial charge in [-0.1, -0.05) is 41.3 Å². The normalized spacial score (nSPS) is 15.1. The molecule has 4 rings (SSSR count). The minimum Gasteiger partial charge on any atom is -0.302 e. The van der Waals surface area contributed by atoms with Crippen molar-refractivity contribution in [3.63, 3.8) is 0 Å². The van der Waals surface area contributed by atoms with Gasteiger partial charge in [0.05, 0.1) is 15.5 Å². The topological polar surface area (TPSA) is 72.7 Å². The lowest BCUT2D eigenvalue weighted by Crippen LogP contribution is -2.22. The van der Waals surface area contributed by atoms with Gasteiger partial charge in [-0.3, -0.25) is 4.79 Å². The van der Waals surface area contributed by atoms with Crippen molar-refractivity contribution < 1.29 is 4.79 Å². The monoisotopic (exact) mass is 385 g/mol. The van der Waals surface area contributed by atoms with E-state index < -0.39 is 0 Å². The highest BCUT2D eigenvalue weighted by Crippen LogP contribution is 2.40. The standard InChI is InChI=1S/C18H19N5OS2/c1-3-10-23-15(12-8-9-12)21-22-18(23)25-11(2)16(24)20-17-19-13-6-4-5-7-14(13)26-17/h3-7,11-12H,1,8-10H2,2H3,(H,19,20,24). The summed E-state index contributed by atoms with van der Waals surface area (Å²) >= 11 is 2.89. The summed E-state index contributed by atoms with van der Waals surface area (Å²) in [4.78, 5) is 17.0. The molecule has 1 atom stereocenters. The molecule has 0 radical (unpaired) electrons. The molecular formula is C18H19N5OS2. The molecule has 1 unspecified atom stereocenters. The number of benzene rings is 1. The van der Waals surface area contributed by atoms with E-state index in [9.17, 15) is 4.79 Å². The maximum absolute atomic E-state index is 12.6. The number of amides is 1. The fourth-order valence-corrected chi connectivity index (χ4v) is 4.41. The van der Waals surface area contributed by atoms with Gasteiger partial charge in [0.2, 0.25) is 5.91 Å². The SMILES string of the molecule is C=CCn1c(SC(C)C(=O)Nc2nc3ccccc3s2)nnc1C1CC1. The highest BCUT2D eigenvalue weighted by atomic mass is 32.2. The van der Waals surface area contributed by atoms with Crippen LogP contribution >= 0.6 is 23.1 Å². The van der Waals surface area contributed by atoms with E-state index in [1.807, 2.05) is 37.3 Å². The number of hydrogen-bond acceptors (Lipinski definition) is 6. The maximum Gasteiger partial charge on any atom is 0.239 e. The Morgan fingerprint density at radius 3 is 3.00 bits per heavy atom. The summed E-state index contributed by atoms with van der Waals surface area (Å²) in [7, 11) is 0. The molecule has 1 amide bonds. The molecule has 0 spiro atoms. The van der Waals surface area contributed by atoms with Crippen molar-refractivity contribution in [3.05, 3.63) is 42.7 Å². The fourth-order valence-electron chi connectivity index (χ4n) is 2.68. The summed E-state index contributed by atoms with van der Waals surface area (Å²) in [6.45, 7) is 6.35. The molecule has 0 saturated heterocycles. The number of anilines is 1. The second-order valence-electron chi connectivity index (χ2n) is 6.25. The molecule has 134 valence electrons. The summed E-state index contributed by atoms with van der Waals surface area (Å²) in [6.07, 6.45) is 4.16. The number of nitrogens with zero attached hydrogens (tertiary/aromatic N) is 4. The number of carbonyl (C=O) groups excluding carboxylic acids is 1. The number of thioether (sulfide) groups is 1. The van der Waals surface area contributed by atoms with Crippen molar-refractivity contribution >= 4 is 44.4 Å². The average molecular weight is 386 g/mol. The molecule has 0 aliphatic heterocycles. The number of rotatable bonds is 7. The molecule has 1 aliphatic rings. The van der Waals surface area contributed by atoms with Crippen LogP contribution in [0.5, 0.6) is 0 Å². The molecule has 3 aromatic rings. The molecule has 26 heavy (non-hydrogen) atoms. The van der Waals surface area contributed by atoms with E-state index in [0.717, 1.165) is 34.0 Å². The first-order valence-corrected chi connectivity index (χ1v) is 10.2. The third-order valence-electron chi connectivity index (χ3n) is 4.18. The van der Waals surface area contributed by atoms with Crippen LogP contribution in [-0.4, -0.2) is 30.9 Å². The molecule has 1 aromatic carbocycles. The molecule has 6 nitrogen and oxygen atoms in total.